The van der Waals surface area contributed by atoms with Gasteiger partial charge in [0.15, 0.2) is 5.76 Å². The van der Waals surface area contributed by atoms with Crippen LogP contribution in [0.2, 0.25) is 0 Å². The fourth-order valence-electron chi connectivity index (χ4n) is 2.63. The SMILES string of the molecule is CCc1ccc([C@@H](NS(=O)(=O)c2c(C)noc2C)C(C)C)cc1. The van der Waals surface area contributed by atoms with Crippen molar-refractivity contribution >= 4 is 10.0 Å². The molecule has 126 valence electrons. The van der Waals surface area contributed by atoms with Gasteiger partial charge in [0, 0.05) is 6.04 Å². The molecule has 0 radical (unpaired) electrons. The molecule has 0 bridgehead atoms. The molecular formula is C17H24N2O3S. The van der Waals surface area contributed by atoms with E-state index in [9.17, 15) is 8.42 Å². The van der Waals surface area contributed by atoms with Crippen LogP contribution in [0, 0.1) is 19.8 Å². The largest absolute Gasteiger partial charge is 0.360 e. The topological polar surface area (TPSA) is 72.2 Å². The molecule has 0 amide bonds. The van der Waals surface area contributed by atoms with Crippen LogP contribution in [-0.2, 0) is 16.4 Å². The number of hydrogen-bond acceptors (Lipinski definition) is 4. The maximum atomic E-state index is 12.7. The molecule has 0 aliphatic carbocycles. The van der Waals surface area contributed by atoms with E-state index in [2.05, 4.69) is 16.8 Å². The lowest BCUT2D eigenvalue weighted by Crippen LogP contribution is -2.32. The van der Waals surface area contributed by atoms with Crippen molar-refractivity contribution in [2.45, 2.75) is 52.0 Å². The second-order valence-electron chi connectivity index (χ2n) is 6.09. The van der Waals surface area contributed by atoms with Crippen LogP contribution in [0.15, 0.2) is 33.7 Å². The van der Waals surface area contributed by atoms with Gasteiger partial charge in [-0.25, -0.2) is 13.1 Å². The highest BCUT2D eigenvalue weighted by atomic mass is 32.2. The zero-order valence-corrected chi connectivity index (χ0v) is 15.1. The van der Waals surface area contributed by atoms with Crippen molar-refractivity contribution in [1.82, 2.24) is 9.88 Å². The highest BCUT2D eigenvalue weighted by molar-refractivity contribution is 7.89. The van der Waals surface area contributed by atoms with E-state index in [0.29, 0.717) is 11.5 Å². The second-order valence-corrected chi connectivity index (χ2v) is 7.74. The maximum Gasteiger partial charge on any atom is 0.246 e. The number of benzene rings is 1. The van der Waals surface area contributed by atoms with Crippen molar-refractivity contribution < 1.29 is 12.9 Å². The summed E-state index contributed by atoms with van der Waals surface area (Å²) in [6.07, 6.45) is 0.956. The molecular weight excluding hydrogens is 312 g/mol. The summed E-state index contributed by atoms with van der Waals surface area (Å²) in [5.41, 5.74) is 2.55. The number of hydrogen-bond donors (Lipinski definition) is 1. The van der Waals surface area contributed by atoms with Gasteiger partial charge >= 0.3 is 0 Å². The molecule has 5 nitrogen and oxygen atoms in total. The Balaban J connectivity index is 2.35. The van der Waals surface area contributed by atoms with Crippen LogP contribution in [0.4, 0.5) is 0 Å². The zero-order chi connectivity index (χ0) is 17.2. The average Bonchev–Trinajstić information content (AvgIpc) is 2.84. The van der Waals surface area contributed by atoms with E-state index in [1.165, 1.54) is 5.56 Å². The summed E-state index contributed by atoms with van der Waals surface area (Å²) < 4.78 is 33.3. The van der Waals surface area contributed by atoms with Gasteiger partial charge in [0.2, 0.25) is 10.0 Å². The molecule has 0 aliphatic rings. The molecule has 0 saturated carbocycles. The first-order valence-electron chi connectivity index (χ1n) is 7.80. The Kier molecular flexibility index (Phi) is 5.26. The van der Waals surface area contributed by atoms with Gasteiger partial charge in [-0.15, -0.1) is 0 Å². The Bertz CT molecular complexity index is 742. The molecule has 6 heteroatoms. The quantitative estimate of drug-likeness (QED) is 0.876. The van der Waals surface area contributed by atoms with Crippen LogP contribution < -0.4 is 4.72 Å². The fraction of sp³-hybridized carbons (Fsp3) is 0.471. The molecule has 2 aromatic rings. The van der Waals surface area contributed by atoms with Crippen LogP contribution in [0.1, 0.15) is 49.4 Å². The maximum absolute atomic E-state index is 12.7. The molecule has 0 fully saturated rings. The summed E-state index contributed by atoms with van der Waals surface area (Å²) in [6, 6.07) is 7.74. The average molecular weight is 336 g/mol. The van der Waals surface area contributed by atoms with E-state index in [0.717, 1.165) is 12.0 Å². The summed E-state index contributed by atoms with van der Waals surface area (Å²) in [4.78, 5) is 0.133. The van der Waals surface area contributed by atoms with Gasteiger partial charge in [-0.05, 0) is 37.3 Å². The number of aryl methyl sites for hydroxylation is 3. The fourth-order valence-corrected chi connectivity index (χ4v) is 4.34. The third-order valence-electron chi connectivity index (χ3n) is 3.93. The first kappa shape index (κ1) is 17.7. The van der Waals surface area contributed by atoms with Crippen molar-refractivity contribution in [1.29, 1.82) is 0 Å². The van der Waals surface area contributed by atoms with E-state index < -0.39 is 10.0 Å². The van der Waals surface area contributed by atoms with Crippen LogP contribution in [-0.4, -0.2) is 13.6 Å². The molecule has 0 aliphatic heterocycles. The van der Waals surface area contributed by atoms with Gasteiger partial charge in [-0.1, -0.05) is 50.2 Å². The van der Waals surface area contributed by atoms with Crippen molar-refractivity contribution in [3.8, 4) is 0 Å². The molecule has 1 N–H and O–H groups in total. The van der Waals surface area contributed by atoms with E-state index in [1.807, 2.05) is 38.1 Å². The van der Waals surface area contributed by atoms with Crippen molar-refractivity contribution in [2.24, 2.45) is 5.92 Å². The van der Waals surface area contributed by atoms with Crippen molar-refractivity contribution in [2.75, 3.05) is 0 Å². The Hall–Kier alpha value is -1.66. The predicted molar refractivity (Wildman–Crippen MR) is 89.7 cm³/mol. The molecule has 0 spiro atoms. The lowest BCUT2D eigenvalue weighted by Gasteiger charge is -2.23. The first-order chi connectivity index (χ1) is 10.8. The van der Waals surface area contributed by atoms with E-state index in [-0.39, 0.29) is 16.9 Å². The Labute approximate surface area is 138 Å². The van der Waals surface area contributed by atoms with Gasteiger partial charge in [0.25, 0.3) is 0 Å². The molecule has 0 saturated heterocycles. The van der Waals surface area contributed by atoms with Gasteiger partial charge < -0.3 is 4.52 Å². The number of nitrogens with one attached hydrogen (secondary N) is 1. The minimum Gasteiger partial charge on any atom is -0.360 e. The molecule has 1 aromatic carbocycles. The normalized spacial score (nSPS) is 13.5. The van der Waals surface area contributed by atoms with Gasteiger partial charge in [0.05, 0.1) is 0 Å². The van der Waals surface area contributed by atoms with E-state index in [4.69, 9.17) is 4.52 Å². The zero-order valence-electron chi connectivity index (χ0n) is 14.3. The van der Waals surface area contributed by atoms with Gasteiger partial charge in [0.1, 0.15) is 10.6 Å². The summed E-state index contributed by atoms with van der Waals surface area (Å²) in [5.74, 6) is 0.413. The lowest BCUT2D eigenvalue weighted by atomic mass is 9.96. The van der Waals surface area contributed by atoms with Crippen LogP contribution in [0.25, 0.3) is 0 Å². The number of nitrogens with zero attached hydrogens (tertiary/aromatic N) is 1. The molecule has 1 atom stereocenters. The summed E-state index contributed by atoms with van der Waals surface area (Å²) in [5, 5.41) is 3.74. The third kappa shape index (κ3) is 3.82. The Morgan fingerprint density at radius 3 is 2.22 bits per heavy atom. The second kappa shape index (κ2) is 6.84. The minimum absolute atomic E-state index is 0.109. The Morgan fingerprint density at radius 2 is 1.78 bits per heavy atom. The van der Waals surface area contributed by atoms with Crippen molar-refractivity contribution in [3.63, 3.8) is 0 Å². The molecule has 2 rings (SSSR count). The number of aromatic nitrogens is 1. The molecule has 1 heterocycles. The summed E-state index contributed by atoms with van der Waals surface area (Å²) in [6.45, 7) is 9.32. The third-order valence-corrected chi connectivity index (χ3v) is 5.62. The van der Waals surface area contributed by atoms with Crippen LogP contribution in [0.3, 0.4) is 0 Å². The highest BCUT2D eigenvalue weighted by Crippen LogP contribution is 2.27. The molecule has 1 aromatic heterocycles. The van der Waals surface area contributed by atoms with Crippen molar-refractivity contribution in [3.05, 3.63) is 46.8 Å². The number of sulfonamides is 1. The lowest BCUT2D eigenvalue weighted by molar-refractivity contribution is 0.390. The van der Waals surface area contributed by atoms with Gasteiger partial charge in [-0.3, -0.25) is 0 Å². The summed E-state index contributed by atoms with van der Waals surface area (Å²) in [7, 11) is -3.69. The van der Waals surface area contributed by atoms with E-state index >= 15 is 0 Å². The summed E-state index contributed by atoms with van der Waals surface area (Å²) >= 11 is 0. The molecule has 0 unspecified atom stereocenters. The molecule has 23 heavy (non-hydrogen) atoms. The predicted octanol–water partition coefficient (Wildman–Crippen LogP) is 3.53. The highest BCUT2D eigenvalue weighted by Gasteiger charge is 2.29. The van der Waals surface area contributed by atoms with Crippen LogP contribution >= 0.6 is 0 Å². The van der Waals surface area contributed by atoms with E-state index in [1.54, 1.807) is 13.8 Å². The monoisotopic (exact) mass is 336 g/mol. The van der Waals surface area contributed by atoms with Gasteiger partial charge in [-0.2, -0.15) is 0 Å². The van der Waals surface area contributed by atoms with Crippen LogP contribution in [0.5, 0.6) is 0 Å². The first-order valence-corrected chi connectivity index (χ1v) is 9.28. The standard InChI is InChI=1S/C17H24N2O3S/c1-6-14-7-9-15(10-8-14)16(11(2)3)19-23(20,21)17-12(4)18-22-13(17)5/h7-11,16,19H,6H2,1-5H3/t16-/m0/s1. The Morgan fingerprint density at radius 1 is 1.17 bits per heavy atom. The smallest absolute Gasteiger partial charge is 0.246 e. The number of rotatable bonds is 6. The minimum atomic E-state index is -3.69.